The third-order valence-corrected chi connectivity index (χ3v) is 4.15. The standard InChI is InChI=1S/C24H48O13/c1-2-27-3-4-28-5-6-29-7-8-30-9-10-31-11-12-32-13-14-33-15-16-34-17-18-35-19-20-36-21-22-37-23-24(25)26/h2-23H2,1H3,(H,25,26). The monoisotopic (exact) mass is 544 g/mol. The smallest absolute Gasteiger partial charge is 0.329 e. The maximum atomic E-state index is 10.2. The lowest BCUT2D eigenvalue weighted by Crippen LogP contribution is -2.15. The quantitative estimate of drug-likeness (QED) is 0.113. The van der Waals surface area contributed by atoms with E-state index in [1.54, 1.807) is 0 Å². The molecule has 0 aromatic carbocycles. The third kappa shape index (κ3) is 35.0. The molecule has 0 aliphatic carbocycles. The van der Waals surface area contributed by atoms with Gasteiger partial charge in [-0.05, 0) is 6.92 Å². The zero-order valence-electron chi connectivity index (χ0n) is 22.4. The van der Waals surface area contributed by atoms with Gasteiger partial charge in [0, 0.05) is 6.61 Å². The molecule has 0 aromatic rings. The Morgan fingerprint density at radius 3 is 0.757 bits per heavy atom. The molecule has 0 saturated carbocycles. The predicted octanol–water partition coefficient (Wildman–Crippen LogP) is 0.274. The minimum atomic E-state index is -0.994. The van der Waals surface area contributed by atoms with Crippen LogP contribution in [0.4, 0.5) is 0 Å². The second kappa shape index (κ2) is 33.1. The van der Waals surface area contributed by atoms with Gasteiger partial charge in [0.1, 0.15) is 6.61 Å². The van der Waals surface area contributed by atoms with Gasteiger partial charge in [0.05, 0.1) is 132 Å². The van der Waals surface area contributed by atoms with Crippen LogP contribution in [0.3, 0.4) is 0 Å². The van der Waals surface area contributed by atoms with E-state index in [4.69, 9.17) is 57.2 Å². The van der Waals surface area contributed by atoms with E-state index in [1.807, 2.05) is 6.92 Å². The van der Waals surface area contributed by atoms with Crippen molar-refractivity contribution in [1.82, 2.24) is 0 Å². The van der Waals surface area contributed by atoms with Crippen LogP contribution in [0.25, 0.3) is 0 Å². The van der Waals surface area contributed by atoms with Crippen LogP contribution in [0.5, 0.6) is 0 Å². The van der Waals surface area contributed by atoms with E-state index in [2.05, 4.69) is 0 Å². The first-order valence-electron chi connectivity index (χ1n) is 12.8. The van der Waals surface area contributed by atoms with Gasteiger partial charge in [-0.25, -0.2) is 4.79 Å². The van der Waals surface area contributed by atoms with E-state index < -0.39 is 5.97 Å². The molecule has 0 saturated heterocycles. The lowest BCUT2D eigenvalue weighted by atomic mass is 10.6. The number of hydrogen-bond donors (Lipinski definition) is 1. The summed E-state index contributed by atoms with van der Waals surface area (Å²) in [4.78, 5) is 10.2. The average Bonchev–Trinajstić information content (AvgIpc) is 2.89. The van der Waals surface area contributed by atoms with Crippen molar-refractivity contribution in [1.29, 1.82) is 0 Å². The SMILES string of the molecule is CCOCCOCCOCCOCCOCCOCCOCCOCCOCCOCCOCC(=O)O. The Morgan fingerprint density at radius 2 is 0.568 bits per heavy atom. The number of rotatable bonds is 33. The molecule has 0 atom stereocenters. The maximum Gasteiger partial charge on any atom is 0.329 e. The molecular formula is C24H48O13. The Morgan fingerprint density at radius 1 is 0.378 bits per heavy atom. The molecule has 13 nitrogen and oxygen atoms in total. The van der Waals surface area contributed by atoms with Gasteiger partial charge >= 0.3 is 5.97 Å². The fourth-order valence-electron chi connectivity index (χ4n) is 2.40. The van der Waals surface area contributed by atoms with Crippen molar-refractivity contribution >= 4 is 5.97 Å². The molecule has 0 radical (unpaired) electrons. The molecule has 222 valence electrons. The van der Waals surface area contributed by atoms with Crippen LogP contribution >= 0.6 is 0 Å². The van der Waals surface area contributed by atoms with Crippen molar-refractivity contribution in [3.63, 3.8) is 0 Å². The van der Waals surface area contributed by atoms with E-state index in [9.17, 15) is 4.79 Å². The van der Waals surface area contributed by atoms with Crippen molar-refractivity contribution in [2.75, 3.05) is 145 Å². The molecule has 0 unspecified atom stereocenters. The summed E-state index contributed by atoms with van der Waals surface area (Å²) in [5, 5.41) is 8.40. The summed E-state index contributed by atoms with van der Waals surface area (Å²) in [6.07, 6.45) is 0. The molecule has 0 bridgehead atoms. The topological polar surface area (TPSA) is 139 Å². The Kier molecular flexibility index (Phi) is 32.2. The van der Waals surface area contributed by atoms with Crippen molar-refractivity contribution < 1.29 is 62.0 Å². The number of aliphatic carboxylic acids is 1. The van der Waals surface area contributed by atoms with Gasteiger partial charge < -0.3 is 57.2 Å². The van der Waals surface area contributed by atoms with E-state index in [-0.39, 0.29) is 13.2 Å². The van der Waals surface area contributed by atoms with Crippen LogP contribution in [-0.4, -0.2) is 156 Å². The van der Waals surface area contributed by atoms with Crippen molar-refractivity contribution in [2.24, 2.45) is 0 Å². The van der Waals surface area contributed by atoms with Crippen LogP contribution in [0.15, 0.2) is 0 Å². The summed E-state index contributed by atoms with van der Waals surface area (Å²) in [7, 11) is 0. The molecule has 0 amide bonds. The van der Waals surface area contributed by atoms with Gasteiger partial charge in [0.2, 0.25) is 0 Å². The second-order valence-electron chi connectivity index (χ2n) is 7.15. The lowest BCUT2D eigenvalue weighted by Gasteiger charge is -2.09. The first-order valence-corrected chi connectivity index (χ1v) is 12.8. The molecule has 0 aliphatic rings. The summed E-state index contributed by atoms with van der Waals surface area (Å²) in [5.41, 5.74) is 0. The molecule has 0 fully saturated rings. The van der Waals surface area contributed by atoms with Crippen LogP contribution in [0.2, 0.25) is 0 Å². The van der Waals surface area contributed by atoms with Crippen LogP contribution < -0.4 is 0 Å². The predicted molar refractivity (Wildman–Crippen MR) is 132 cm³/mol. The summed E-state index contributed by atoms with van der Waals surface area (Å²) in [6.45, 7) is 12.1. The van der Waals surface area contributed by atoms with E-state index in [0.717, 1.165) is 0 Å². The fraction of sp³-hybridized carbons (Fsp3) is 0.958. The fourth-order valence-corrected chi connectivity index (χ4v) is 2.40. The number of carbonyl (C=O) groups is 1. The summed E-state index contributed by atoms with van der Waals surface area (Å²) in [5.74, 6) is -0.994. The van der Waals surface area contributed by atoms with Crippen LogP contribution in [-0.2, 0) is 56.9 Å². The van der Waals surface area contributed by atoms with Crippen LogP contribution in [0, 0.1) is 0 Å². The molecule has 0 aromatic heterocycles. The highest BCUT2D eigenvalue weighted by molar-refractivity contribution is 5.67. The Hall–Kier alpha value is -0.970. The summed E-state index contributed by atoms with van der Waals surface area (Å²) >= 11 is 0. The molecule has 0 aliphatic heterocycles. The van der Waals surface area contributed by atoms with E-state index in [1.165, 1.54) is 0 Å². The molecule has 0 rings (SSSR count). The van der Waals surface area contributed by atoms with E-state index >= 15 is 0 Å². The zero-order chi connectivity index (χ0) is 26.9. The van der Waals surface area contributed by atoms with Gasteiger partial charge in [-0.2, -0.15) is 0 Å². The minimum Gasteiger partial charge on any atom is -0.480 e. The highest BCUT2D eigenvalue weighted by atomic mass is 16.6. The van der Waals surface area contributed by atoms with Gasteiger partial charge in [-0.1, -0.05) is 0 Å². The third-order valence-electron chi connectivity index (χ3n) is 4.15. The normalized spacial score (nSPS) is 11.4. The molecule has 1 N–H and O–H groups in total. The molecule has 37 heavy (non-hydrogen) atoms. The average molecular weight is 545 g/mol. The van der Waals surface area contributed by atoms with Gasteiger partial charge in [-0.3, -0.25) is 0 Å². The largest absolute Gasteiger partial charge is 0.480 e. The first kappa shape index (κ1) is 36.0. The molecule has 0 heterocycles. The van der Waals surface area contributed by atoms with Crippen LogP contribution in [0.1, 0.15) is 6.92 Å². The Balaban J connectivity index is 3.02. The maximum absolute atomic E-state index is 10.2. The number of carboxylic acids is 1. The van der Waals surface area contributed by atoms with Gasteiger partial charge in [-0.15, -0.1) is 0 Å². The highest BCUT2D eigenvalue weighted by Crippen LogP contribution is 1.87. The molecule has 13 heteroatoms. The first-order chi connectivity index (χ1) is 18.3. The lowest BCUT2D eigenvalue weighted by molar-refractivity contribution is -0.142. The number of carboxylic acid groups (broad SMARTS) is 1. The molecular weight excluding hydrogens is 496 g/mol. The minimum absolute atomic E-state index is 0.245. The zero-order valence-corrected chi connectivity index (χ0v) is 22.4. The Bertz CT molecular complexity index is 443. The second-order valence-corrected chi connectivity index (χ2v) is 7.15. The van der Waals surface area contributed by atoms with E-state index in [0.29, 0.717) is 132 Å². The van der Waals surface area contributed by atoms with Gasteiger partial charge in [0.25, 0.3) is 0 Å². The van der Waals surface area contributed by atoms with Crippen molar-refractivity contribution in [3.8, 4) is 0 Å². The Labute approximate surface area is 220 Å². The number of hydrogen-bond acceptors (Lipinski definition) is 12. The summed E-state index contributed by atoms with van der Waals surface area (Å²) < 4.78 is 58.4. The van der Waals surface area contributed by atoms with Crippen molar-refractivity contribution in [3.05, 3.63) is 0 Å². The molecule has 0 spiro atoms. The number of ether oxygens (including phenoxy) is 11. The summed E-state index contributed by atoms with van der Waals surface area (Å²) in [6, 6.07) is 0. The van der Waals surface area contributed by atoms with Crippen molar-refractivity contribution in [2.45, 2.75) is 6.92 Å². The van der Waals surface area contributed by atoms with Gasteiger partial charge in [0.15, 0.2) is 0 Å². The highest BCUT2D eigenvalue weighted by Gasteiger charge is 1.97.